The lowest BCUT2D eigenvalue weighted by atomic mass is 10.4. The Kier molecular flexibility index (Phi) is 3.88. The normalized spacial score (nSPS) is 18.6. The third-order valence-corrected chi connectivity index (χ3v) is 5.35. The first-order chi connectivity index (χ1) is 10.8. The highest BCUT2D eigenvalue weighted by Gasteiger charge is 2.36. The molecule has 1 aliphatic heterocycles. The molecule has 1 saturated heterocycles. The first kappa shape index (κ1) is 15.9. The van der Waals surface area contributed by atoms with Crippen molar-refractivity contribution in [2.75, 3.05) is 30.7 Å². The van der Waals surface area contributed by atoms with Gasteiger partial charge in [-0.2, -0.15) is 13.2 Å². The highest BCUT2D eigenvalue weighted by Crippen LogP contribution is 2.29. The van der Waals surface area contributed by atoms with Crippen LogP contribution < -0.4 is 5.32 Å². The van der Waals surface area contributed by atoms with Crippen LogP contribution in [0.4, 0.5) is 19.0 Å². The van der Waals surface area contributed by atoms with Crippen molar-refractivity contribution in [1.29, 1.82) is 0 Å². The summed E-state index contributed by atoms with van der Waals surface area (Å²) in [6.45, 7) is 0.700. The van der Waals surface area contributed by atoms with Gasteiger partial charge < -0.3 is 10.3 Å². The number of alkyl halides is 3. The van der Waals surface area contributed by atoms with E-state index in [4.69, 9.17) is 0 Å². The van der Waals surface area contributed by atoms with Crippen LogP contribution in [0, 0.1) is 0 Å². The van der Waals surface area contributed by atoms with E-state index >= 15 is 0 Å². The lowest BCUT2D eigenvalue weighted by molar-refractivity contribution is -0.144. The number of rotatable bonds is 4. The lowest BCUT2D eigenvalue weighted by Crippen LogP contribution is -2.31. The SMILES string of the molecule is O=S1(=O)CCCN1CCNc1nc(C(F)(F)F)nc2nc[nH]c12. The number of nitrogens with zero attached hydrogens (tertiary/aromatic N) is 4. The van der Waals surface area contributed by atoms with Gasteiger partial charge >= 0.3 is 6.18 Å². The van der Waals surface area contributed by atoms with Crippen LogP contribution in [0.2, 0.25) is 0 Å². The molecule has 12 heteroatoms. The van der Waals surface area contributed by atoms with Crippen LogP contribution in [-0.4, -0.2) is 58.0 Å². The molecule has 0 aliphatic carbocycles. The number of hydrogen-bond acceptors (Lipinski definition) is 6. The number of aromatic nitrogens is 4. The van der Waals surface area contributed by atoms with Crippen molar-refractivity contribution in [2.24, 2.45) is 0 Å². The first-order valence-electron chi connectivity index (χ1n) is 6.77. The van der Waals surface area contributed by atoms with Crippen molar-refractivity contribution in [2.45, 2.75) is 12.6 Å². The van der Waals surface area contributed by atoms with Crippen LogP contribution in [0.5, 0.6) is 0 Å². The Bertz CT molecular complexity index is 819. The van der Waals surface area contributed by atoms with E-state index in [0.717, 1.165) is 0 Å². The second-order valence-electron chi connectivity index (χ2n) is 4.99. The average Bonchev–Trinajstić information content (AvgIpc) is 3.04. The fraction of sp³-hybridized carbons (Fsp3) is 0.545. The van der Waals surface area contributed by atoms with Gasteiger partial charge in [-0.25, -0.2) is 27.7 Å². The van der Waals surface area contributed by atoms with Crippen molar-refractivity contribution < 1.29 is 21.6 Å². The fourth-order valence-electron chi connectivity index (χ4n) is 2.33. The van der Waals surface area contributed by atoms with E-state index in [1.807, 2.05) is 0 Å². The van der Waals surface area contributed by atoms with Crippen LogP contribution >= 0.6 is 0 Å². The Balaban J connectivity index is 1.78. The van der Waals surface area contributed by atoms with Crippen LogP contribution in [-0.2, 0) is 16.2 Å². The number of halogens is 3. The molecule has 1 fully saturated rings. The minimum Gasteiger partial charge on any atom is -0.367 e. The first-order valence-corrected chi connectivity index (χ1v) is 8.38. The van der Waals surface area contributed by atoms with Gasteiger partial charge in [0.2, 0.25) is 15.8 Å². The number of H-pyrrole nitrogens is 1. The van der Waals surface area contributed by atoms with E-state index in [1.54, 1.807) is 0 Å². The van der Waals surface area contributed by atoms with E-state index in [2.05, 4.69) is 25.3 Å². The number of anilines is 1. The van der Waals surface area contributed by atoms with E-state index in [-0.39, 0.29) is 35.8 Å². The largest absolute Gasteiger partial charge is 0.451 e. The summed E-state index contributed by atoms with van der Waals surface area (Å²) in [5.74, 6) is -1.26. The van der Waals surface area contributed by atoms with Gasteiger partial charge in [-0.05, 0) is 6.42 Å². The molecule has 0 unspecified atom stereocenters. The van der Waals surface area contributed by atoms with Crippen molar-refractivity contribution in [1.82, 2.24) is 24.2 Å². The molecule has 2 N–H and O–H groups in total. The highest BCUT2D eigenvalue weighted by atomic mass is 32.2. The topological polar surface area (TPSA) is 104 Å². The third-order valence-electron chi connectivity index (χ3n) is 3.40. The van der Waals surface area contributed by atoms with E-state index in [0.29, 0.717) is 13.0 Å². The van der Waals surface area contributed by atoms with Gasteiger partial charge in [0.1, 0.15) is 5.52 Å². The molecule has 0 atom stereocenters. The number of aromatic amines is 1. The number of fused-ring (bicyclic) bond motifs is 1. The fourth-order valence-corrected chi connectivity index (χ4v) is 3.86. The predicted octanol–water partition coefficient (Wildman–Crippen LogP) is 0.819. The quantitative estimate of drug-likeness (QED) is 0.846. The standard InChI is InChI=1S/C11H13F3N6O2S/c12-11(13,14)10-18-8(7-9(19-10)17-6-16-7)15-2-4-20-3-1-5-23(20,21)22/h6H,1-5H2,(H2,15,16,17,18,19). The van der Waals surface area contributed by atoms with E-state index < -0.39 is 22.0 Å². The maximum absolute atomic E-state index is 12.8. The van der Waals surface area contributed by atoms with Crippen LogP contribution in [0.3, 0.4) is 0 Å². The molecule has 0 bridgehead atoms. The van der Waals surface area contributed by atoms with Gasteiger partial charge in [-0.3, -0.25) is 0 Å². The molecule has 0 amide bonds. The number of imidazole rings is 1. The number of sulfonamides is 1. The van der Waals surface area contributed by atoms with E-state index in [9.17, 15) is 21.6 Å². The molecule has 0 saturated carbocycles. The zero-order valence-corrected chi connectivity index (χ0v) is 12.6. The average molecular weight is 350 g/mol. The molecule has 0 radical (unpaired) electrons. The van der Waals surface area contributed by atoms with Crippen molar-refractivity contribution >= 4 is 27.0 Å². The number of hydrogen-bond donors (Lipinski definition) is 2. The Morgan fingerprint density at radius 1 is 1.35 bits per heavy atom. The Labute approximate surface area is 129 Å². The second kappa shape index (κ2) is 5.60. The molecular formula is C11H13F3N6O2S. The molecular weight excluding hydrogens is 337 g/mol. The minimum absolute atomic E-state index is 0.0589. The molecule has 1 aliphatic rings. The maximum Gasteiger partial charge on any atom is 0.451 e. The predicted molar refractivity (Wildman–Crippen MR) is 75.2 cm³/mol. The number of nitrogens with one attached hydrogen (secondary N) is 2. The third kappa shape index (κ3) is 3.22. The second-order valence-corrected chi connectivity index (χ2v) is 7.08. The Hall–Kier alpha value is -1.95. The highest BCUT2D eigenvalue weighted by molar-refractivity contribution is 7.89. The Morgan fingerprint density at radius 2 is 2.13 bits per heavy atom. The summed E-state index contributed by atoms with van der Waals surface area (Å²) in [7, 11) is -3.24. The van der Waals surface area contributed by atoms with Crippen LogP contribution in [0.1, 0.15) is 12.2 Å². The molecule has 8 nitrogen and oxygen atoms in total. The molecule has 2 aromatic rings. The smallest absolute Gasteiger partial charge is 0.367 e. The molecule has 0 spiro atoms. The zero-order chi connectivity index (χ0) is 16.7. The molecule has 2 aromatic heterocycles. The van der Waals surface area contributed by atoms with Gasteiger partial charge in [-0.1, -0.05) is 0 Å². The monoisotopic (exact) mass is 350 g/mol. The van der Waals surface area contributed by atoms with Gasteiger partial charge in [-0.15, -0.1) is 0 Å². The van der Waals surface area contributed by atoms with Gasteiger partial charge in [0.05, 0.1) is 12.1 Å². The van der Waals surface area contributed by atoms with Gasteiger partial charge in [0.15, 0.2) is 11.5 Å². The van der Waals surface area contributed by atoms with Crippen LogP contribution in [0.25, 0.3) is 11.2 Å². The summed E-state index contributed by atoms with van der Waals surface area (Å²) >= 11 is 0. The van der Waals surface area contributed by atoms with Gasteiger partial charge in [0, 0.05) is 19.6 Å². The summed E-state index contributed by atoms with van der Waals surface area (Å²) in [4.78, 5) is 13.2. The van der Waals surface area contributed by atoms with Crippen molar-refractivity contribution in [3.8, 4) is 0 Å². The lowest BCUT2D eigenvalue weighted by Gasteiger charge is -2.15. The molecule has 126 valence electrons. The molecule has 0 aromatic carbocycles. The van der Waals surface area contributed by atoms with Crippen molar-refractivity contribution in [3.05, 3.63) is 12.2 Å². The summed E-state index contributed by atoms with van der Waals surface area (Å²) in [6.07, 6.45) is -2.92. The van der Waals surface area contributed by atoms with Gasteiger partial charge in [0.25, 0.3) is 0 Å². The maximum atomic E-state index is 12.8. The van der Waals surface area contributed by atoms with Crippen molar-refractivity contribution in [3.63, 3.8) is 0 Å². The summed E-state index contributed by atoms with van der Waals surface area (Å²) < 4.78 is 63.0. The molecule has 3 heterocycles. The Morgan fingerprint density at radius 3 is 2.78 bits per heavy atom. The molecule has 3 rings (SSSR count). The van der Waals surface area contributed by atoms with E-state index in [1.165, 1.54) is 10.6 Å². The van der Waals surface area contributed by atoms with Crippen LogP contribution in [0.15, 0.2) is 6.33 Å². The zero-order valence-electron chi connectivity index (χ0n) is 11.8. The summed E-state index contributed by atoms with van der Waals surface area (Å²) in [5.41, 5.74) is 0.130. The summed E-state index contributed by atoms with van der Waals surface area (Å²) in [5, 5.41) is 2.72. The summed E-state index contributed by atoms with van der Waals surface area (Å²) in [6, 6.07) is 0. The molecule has 23 heavy (non-hydrogen) atoms. The minimum atomic E-state index is -4.69.